The third-order valence-corrected chi connectivity index (χ3v) is 2.63. The third-order valence-electron chi connectivity index (χ3n) is 2.63. The highest BCUT2D eigenvalue weighted by Gasteiger charge is 2.19. The number of rotatable bonds is 7. The van der Waals surface area contributed by atoms with Crippen molar-refractivity contribution in [3.05, 3.63) is 61.2 Å². The van der Waals surface area contributed by atoms with Gasteiger partial charge in [-0.15, -0.1) is 25.6 Å². The van der Waals surface area contributed by atoms with Crippen molar-refractivity contribution in [2.45, 2.75) is 12.5 Å². The number of hydrogen-bond donors (Lipinski definition) is 1. The van der Waals surface area contributed by atoms with E-state index >= 15 is 0 Å². The Hall–Kier alpha value is -1.58. The molecule has 0 aliphatic rings. The summed E-state index contributed by atoms with van der Waals surface area (Å²) < 4.78 is 0. The molecule has 0 bridgehead atoms. The number of amides is 1. The van der Waals surface area contributed by atoms with E-state index in [4.69, 9.17) is 5.73 Å². The monoisotopic (exact) mass is 280 g/mol. The molecule has 1 rings (SSSR count). The molecule has 1 aromatic carbocycles. The van der Waals surface area contributed by atoms with Gasteiger partial charge in [-0.25, -0.2) is 0 Å². The van der Waals surface area contributed by atoms with E-state index in [9.17, 15) is 4.79 Å². The van der Waals surface area contributed by atoms with Crippen molar-refractivity contribution in [1.29, 1.82) is 0 Å². The van der Waals surface area contributed by atoms with Gasteiger partial charge < -0.3 is 10.6 Å². The zero-order chi connectivity index (χ0) is 13.4. The van der Waals surface area contributed by atoms with Crippen molar-refractivity contribution in [2.75, 3.05) is 13.1 Å². The molecule has 0 aromatic heterocycles. The molecule has 104 valence electrons. The maximum atomic E-state index is 12.1. The van der Waals surface area contributed by atoms with E-state index in [1.54, 1.807) is 17.1 Å². The van der Waals surface area contributed by atoms with Crippen molar-refractivity contribution < 1.29 is 4.79 Å². The molecule has 0 heterocycles. The highest BCUT2D eigenvalue weighted by Crippen LogP contribution is 2.04. The van der Waals surface area contributed by atoms with Crippen LogP contribution in [0.3, 0.4) is 0 Å². The lowest BCUT2D eigenvalue weighted by molar-refractivity contribution is -0.131. The Kier molecular flexibility index (Phi) is 8.58. The van der Waals surface area contributed by atoms with Gasteiger partial charge in [-0.2, -0.15) is 0 Å². The predicted molar refractivity (Wildman–Crippen MR) is 82.3 cm³/mol. The minimum atomic E-state index is -0.521. The SMILES string of the molecule is C=CCN(CC=C)C(=O)[C@@H](N)Cc1ccccc1.Cl. The normalized spacial score (nSPS) is 11.0. The quantitative estimate of drug-likeness (QED) is 0.778. The van der Waals surface area contributed by atoms with Crippen LogP contribution in [0.2, 0.25) is 0 Å². The molecular weight excluding hydrogens is 260 g/mol. The molecule has 0 unspecified atom stereocenters. The minimum Gasteiger partial charge on any atom is -0.334 e. The summed E-state index contributed by atoms with van der Waals surface area (Å²) in [6.07, 6.45) is 3.93. The van der Waals surface area contributed by atoms with Crippen LogP contribution >= 0.6 is 12.4 Å². The lowest BCUT2D eigenvalue weighted by Crippen LogP contribution is -2.45. The van der Waals surface area contributed by atoms with Gasteiger partial charge in [0.1, 0.15) is 0 Å². The fraction of sp³-hybridized carbons (Fsp3) is 0.267. The number of benzene rings is 1. The third kappa shape index (κ3) is 5.73. The van der Waals surface area contributed by atoms with Crippen LogP contribution in [0.1, 0.15) is 5.56 Å². The summed E-state index contributed by atoms with van der Waals surface area (Å²) in [4.78, 5) is 13.8. The Morgan fingerprint density at radius 1 is 1.21 bits per heavy atom. The van der Waals surface area contributed by atoms with Crippen LogP contribution in [-0.2, 0) is 11.2 Å². The maximum Gasteiger partial charge on any atom is 0.240 e. The Bertz CT molecular complexity index is 396. The van der Waals surface area contributed by atoms with Gasteiger partial charge in [-0.1, -0.05) is 42.5 Å². The molecule has 0 aliphatic heterocycles. The van der Waals surface area contributed by atoms with Crippen LogP contribution in [0.4, 0.5) is 0 Å². The number of halogens is 1. The first kappa shape index (κ1) is 17.4. The molecule has 0 aliphatic carbocycles. The molecule has 1 aromatic rings. The zero-order valence-electron chi connectivity index (χ0n) is 11.0. The second-order valence-electron chi connectivity index (χ2n) is 4.12. The minimum absolute atomic E-state index is 0. The summed E-state index contributed by atoms with van der Waals surface area (Å²) in [5, 5.41) is 0. The van der Waals surface area contributed by atoms with Gasteiger partial charge in [0.15, 0.2) is 0 Å². The van der Waals surface area contributed by atoms with Crippen LogP contribution in [0.5, 0.6) is 0 Å². The number of carbonyl (C=O) groups excluding carboxylic acids is 1. The van der Waals surface area contributed by atoms with Crippen LogP contribution in [0.15, 0.2) is 55.6 Å². The van der Waals surface area contributed by atoms with Gasteiger partial charge in [0.2, 0.25) is 5.91 Å². The highest BCUT2D eigenvalue weighted by molar-refractivity contribution is 5.85. The highest BCUT2D eigenvalue weighted by atomic mass is 35.5. The van der Waals surface area contributed by atoms with Gasteiger partial charge in [0.05, 0.1) is 6.04 Å². The maximum absolute atomic E-state index is 12.1. The summed E-state index contributed by atoms with van der Waals surface area (Å²) >= 11 is 0. The van der Waals surface area contributed by atoms with Crippen molar-refractivity contribution in [3.8, 4) is 0 Å². The number of hydrogen-bond acceptors (Lipinski definition) is 2. The van der Waals surface area contributed by atoms with E-state index in [2.05, 4.69) is 13.2 Å². The van der Waals surface area contributed by atoms with Crippen LogP contribution < -0.4 is 5.73 Å². The Labute approximate surface area is 121 Å². The molecule has 2 N–H and O–H groups in total. The fourth-order valence-corrected chi connectivity index (χ4v) is 1.76. The van der Waals surface area contributed by atoms with Crippen molar-refractivity contribution in [2.24, 2.45) is 5.73 Å². The molecule has 0 radical (unpaired) electrons. The van der Waals surface area contributed by atoms with E-state index in [-0.39, 0.29) is 18.3 Å². The number of nitrogens with two attached hydrogens (primary N) is 1. The molecule has 3 nitrogen and oxygen atoms in total. The Morgan fingerprint density at radius 2 is 1.74 bits per heavy atom. The molecule has 0 fully saturated rings. The topological polar surface area (TPSA) is 46.3 Å². The Balaban J connectivity index is 0.00000324. The molecule has 0 saturated carbocycles. The van der Waals surface area contributed by atoms with Crippen molar-refractivity contribution >= 4 is 18.3 Å². The average Bonchev–Trinajstić information content (AvgIpc) is 2.39. The molecule has 1 atom stereocenters. The largest absolute Gasteiger partial charge is 0.334 e. The van der Waals surface area contributed by atoms with E-state index in [1.165, 1.54) is 0 Å². The van der Waals surface area contributed by atoms with Crippen LogP contribution in [0.25, 0.3) is 0 Å². The summed E-state index contributed by atoms with van der Waals surface area (Å²) in [7, 11) is 0. The molecule has 0 saturated heterocycles. The van der Waals surface area contributed by atoms with Crippen molar-refractivity contribution in [3.63, 3.8) is 0 Å². The number of nitrogens with zero attached hydrogens (tertiary/aromatic N) is 1. The number of carbonyl (C=O) groups is 1. The van der Waals surface area contributed by atoms with Crippen LogP contribution in [0, 0.1) is 0 Å². The standard InChI is InChI=1S/C15H20N2O.ClH/c1-3-10-17(11-4-2)15(18)14(16)12-13-8-6-5-7-9-13;/h3-9,14H,1-2,10-12,16H2;1H/t14-;/m0./s1. The van der Waals surface area contributed by atoms with Gasteiger partial charge in [0, 0.05) is 13.1 Å². The first-order valence-electron chi connectivity index (χ1n) is 5.99. The predicted octanol–water partition coefficient (Wildman–Crippen LogP) is 2.18. The first-order chi connectivity index (χ1) is 8.69. The summed E-state index contributed by atoms with van der Waals surface area (Å²) in [5.74, 6) is -0.0707. The van der Waals surface area contributed by atoms with Gasteiger partial charge in [-0.05, 0) is 12.0 Å². The fourth-order valence-electron chi connectivity index (χ4n) is 1.76. The molecule has 19 heavy (non-hydrogen) atoms. The van der Waals surface area contributed by atoms with Gasteiger partial charge >= 0.3 is 0 Å². The van der Waals surface area contributed by atoms with E-state index < -0.39 is 6.04 Å². The first-order valence-corrected chi connectivity index (χ1v) is 5.99. The molecule has 4 heteroatoms. The molecule has 0 spiro atoms. The second kappa shape index (κ2) is 9.36. The second-order valence-corrected chi connectivity index (χ2v) is 4.12. The van der Waals surface area contributed by atoms with E-state index in [0.717, 1.165) is 5.56 Å². The molecular formula is C15H21ClN2O. The zero-order valence-corrected chi connectivity index (χ0v) is 11.8. The lowest BCUT2D eigenvalue weighted by atomic mass is 10.1. The van der Waals surface area contributed by atoms with Crippen molar-refractivity contribution in [1.82, 2.24) is 4.90 Å². The molecule has 1 amide bonds. The van der Waals surface area contributed by atoms with Gasteiger partial charge in [0.25, 0.3) is 0 Å². The van der Waals surface area contributed by atoms with E-state index in [0.29, 0.717) is 19.5 Å². The summed E-state index contributed by atoms with van der Waals surface area (Å²) in [5.41, 5.74) is 7.02. The van der Waals surface area contributed by atoms with Crippen LogP contribution in [-0.4, -0.2) is 29.9 Å². The van der Waals surface area contributed by atoms with E-state index in [1.807, 2.05) is 30.3 Å². The average molecular weight is 281 g/mol. The lowest BCUT2D eigenvalue weighted by Gasteiger charge is -2.23. The van der Waals surface area contributed by atoms with Gasteiger partial charge in [-0.3, -0.25) is 4.79 Å². The summed E-state index contributed by atoms with van der Waals surface area (Å²) in [6, 6.07) is 9.25. The summed E-state index contributed by atoms with van der Waals surface area (Å²) in [6.45, 7) is 8.27. The smallest absolute Gasteiger partial charge is 0.240 e. The Morgan fingerprint density at radius 3 is 2.21 bits per heavy atom.